The van der Waals surface area contributed by atoms with Gasteiger partial charge in [-0.15, -0.1) is 22.7 Å². The maximum Gasteiger partial charge on any atom is 0.131 e. The Morgan fingerprint density at radius 2 is 1.91 bits per heavy atom. The van der Waals surface area contributed by atoms with E-state index in [0.29, 0.717) is 6.61 Å². The fourth-order valence-electron chi connectivity index (χ4n) is 3.61. The van der Waals surface area contributed by atoms with Crippen LogP contribution in [0.4, 0.5) is 5.82 Å². The lowest BCUT2D eigenvalue weighted by atomic mass is 10.1. The molecule has 0 radical (unpaired) electrons. The number of hydrogen-bond acceptors (Lipinski definition) is 8. The number of hydrogen-bond donors (Lipinski definition) is 1. The zero-order valence-corrected chi connectivity index (χ0v) is 20.2. The highest BCUT2D eigenvalue weighted by atomic mass is 32.1. The Balaban J connectivity index is 1.32. The number of ether oxygens (including phenoxy) is 1. The van der Waals surface area contributed by atoms with Crippen molar-refractivity contribution >= 4 is 38.7 Å². The van der Waals surface area contributed by atoms with E-state index in [-0.39, 0.29) is 6.04 Å². The molecule has 0 saturated heterocycles. The van der Waals surface area contributed by atoms with Gasteiger partial charge < -0.3 is 10.1 Å². The zero-order valence-electron chi connectivity index (χ0n) is 18.6. The fraction of sp³-hybridized carbons (Fsp3) is 0.200. The second kappa shape index (κ2) is 9.25. The molecule has 0 amide bonds. The quantitative estimate of drug-likeness (QED) is 0.288. The average Bonchev–Trinajstić information content (AvgIpc) is 3.45. The van der Waals surface area contributed by atoms with E-state index in [2.05, 4.69) is 56.4 Å². The molecule has 5 rings (SSSR count). The highest BCUT2D eigenvalue weighted by molar-refractivity contribution is 7.16. The second-order valence-electron chi connectivity index (χ2n) is 7.81. The molecule has 1 atom stereocenters. The molecule has 6 nitrogen and oxygen atoms in total. The van der Waals surface area contributed by atoms with Crippen molar-refractivity contribution in [1.29, 1.82) is 0 Å². The van der Waals surface area contributed by atoms with E-state index in [1.165, 1.54) is 0 Å². The number of benzene rings is 2. The number of aryl methyl sites for hydroxylation is 2. The van der Waals surface area contributed by atoms with E-state index in [1.807, 2.05) is 49.0 Å². The third-order valence-electron chi connectivity index (χ3n) is 5.24. The summed E-state index contributed by atoms with van der Waals surface area (Å²) in [7, 11) is 0. The third kappa shape index (κ3) is 5.02. The van der Waals surface area contributed by atoms with Gasteiger partial charge in [0.2, 0.25) is 0 Å². The van der Waals surface area contributed by atoms with Crippen molar-refractivity contribution in [1.82, 2.24) is 19.9 Å². The minimum atomic E-state index is 0.0428. The van der Waals surface area contributed by atoms with E-state index in [0.717, 1.165) is 55.1 Å². The summed E-state index contributed by atoms with van der Waals surface area (Å²) in [6.07, 6.45) is 0. The monoisotopic (exact) mass is 473 g/mol. The number of nitrogens with zero attached hydrogens (tertiary/aromatic N) is 4. The van der Waals surface area contributed by atoms with Gasteiger partial charge in [-0.1, -0.05) is 18.2 Å². The van der Waals surface area contributed by atoms with Gasteiger partial charge in [-0.25, -0.2) is 19.9 Å². The van der Waals surface area contributed by atoms with Gasteiger partial charge in [-0.2, -0.15) is 0 Å². The topological polar surface area (TPSA) is 72.8 Å². The first kappa shape index (κ1) is 21.5. The molecule has 0 aliphatic rings. The molecule has 0 aliphatic carbocycles. The van der Waals surface area contributed by atoms with Gasteiger partial charge in [-0.3, -0.25) is 0 Å². The lowest BCUT2D eigenvalue weighted by Gasteiger charge is -2.17. The van der Waals surface area contributed by atoms with E-state index < -0.39 is 0 Å². The van der Waals surface area contributed by atoms with E-state index in [4.69, 9.17) is 4.74 Å². The Hall–Kier alpha value is -3.36. The Kier molecular flexibility index (Phi) is 6.02. The highest BCUT2D eigenvalue weighted by Gasteiger charge is 2.11. The van der Waals surface area contributed by atoms with Crippen LogP contribution >= 0.6 is 22.7 Å². The minimum absolute atomic E-state index is 0.0428. The van der Waals surface area contributed by atoms with E-state index >= 15 is 0 Å². The summed E-state index contributed by atoms with van der Waals surface area (Å²) in [5.74, 6) is 2.34. The van der Waals surface area contributed by atoms with Crippen LogP contribution in [-0.2, 0) is 6.61 Å². The summed E-state index contributed by atoms with van der Waals surface area (Å²) in [5, 5.41) is 6.60. The number of anilines is 1. The van der Waals surface area contributed by atoms with Crippen LogP contribution < -0.4 is 10.1 Å². The van der Waals surface area contributed by atoms with E-state index in [9.17, 15) is 0 Å². The van der Waals surface area contributed by atoms with Crippen LogP contribution in [0.25, 0.3) is 21.5 Å². The Morgan fingerprint density at radius 3 is 2.76 bits per heavy atom. The molecular weight excluding hydrogens is 450 g/mol. The van der Waals surface area contributed by atoms with Gasteiger partial charge in [-0.05, 0) is 50.6 Å². The first-order valence-electron chi connectivity index (χ1n) is 10.6. The van der Waals surface area contributed by atoms with Gasteiger partial charge in [0.1, 0.15) is 24.0 Å². The highest BCUT2D eigenvalue weighted by Crippen LogP contribution is 2.28. The first-order valence-corrected chi connectivity index (χ1v) is 12.4. The summed E-state index contributed by atoms with van der Waals surface area (Å²) in [4.78, 5) is 18.1. The number of nitrogens with one attached hydrogen (secondary N) is 1. The molecule has 166 valence electrons. The van der Waals surface area contributed by atoms with Crippen molar-refractivity contribution in [3.63, 3.8) is 0 Å². The van der Waals surface area contributed by atoms with Crippen LogP contribution in [0.1, 0.15) is 35.1 Å². The van der Waals surface area contributed by atoms with Crippen LogP contribution in [0.3, 0.4) is 0 Å². The Morgan fingerprint density at radius 1 is 1.00 bits per heavy atom. The predicted molar refractivity (Wildman–Crippen MR) is 135 cm³/mol. The molecule has 1 unspecified atom stereocenters. The minimum Gasteiger partial charge on any atom is -0.487 e. The van der Waals surface area contributed by atoms with Crippen molar-refractivity contribution in [2.24, 2.45) is 0 Å². The van der Waals surface area contributed by atoms with Crippen molar-refractivity contribution in [2.75, 3.05) is 5.32 Å². The lowest BCUT2D eigenvalue weighted by Crippen LogP contribution is -2.09. The van der Waals surface area contributed by atoms with Crippen molar-refractivity contribution in [3.8, 4) is 17.0 Å². The van der Waals surface area contributed by atoms with Crippen LogP contribution in [0, 0.1) is 13.8 Å². The SMILES string of the molecule is Cc1nc(NC(C)c2cccc(OCc3csc(C)n3)c2)cc(-c2ccc3ncsc3c2)n1. The summed E-state index contributed by atoms with van der Waals surface area (Å²) < 4.78 is 7.11. The largest absolute Gasteiger partial charge is 0.487 e. The molecule has 0 spiro atoms. The molecule has 2 aromatic carbocycles. The lowest BCUT2D eigenvalue weighted by molar-refractivity contribution is 0.301. The van der Waals surface area contributed by atoms with Gasteiger partial charge in [0.25, 0.3) is 0 Å². The second-order valence-corrected chi connectivity index (χ2v) is 9.75. The van der Waals surface area contributed by atoms with Crippen molar-refractivity contribution < 1.29 is 4.74 Å². The van der Waals surface area contributed by atoms with Crippen LogP contribution in [0.2, 0.25) is 0 Å². The molecule has 0 aliphatic heterocycles. The van der Waals surface area contributed by atoms with Gasteiger partial charge in [0, 0.05) is 17.0 Å². The Labute approximate surface area is 200 Å². The summed E-state index contributed by atoms with van der Waals surface area (Å²) in [6, 6.07) is 16.4. The molecule has 0 fully saturated rings. The fourth-order valence-corrected chi connectivity index (χ4v) is 4.93. The molecule has 0 bridgehead atoms. The van der Waals surface area contributed by atoms with Gasteiger partial charge in [0.05, 0.1) is 38.2 Å². The third-order valence-corrected chi connectivity index (χ3v) is 6.85. The zero-order chi connectivity index (χ0) is 22.8. The molecule has 3 aromatic heterocycles. The van der Waals surface area contributed by atoms with Gasteiger partial charge >= 0.3 is 0 Å². The molecule has 8 heteroatoms. The summed E-state index contributed by atoms with van der Waals surface area (Å²) in [5.41, 5.74) is 6.89. The summed E-state index contributed by atoms with van der Waals surface area (Å²) in [6.45, 7) is 6.50. The van der Waals surface area contributed by atoms with Crippen LogP contribution in [-0.4, -0.2) is 19.9 Å². The van der Waals surface area contributed by atoms with Crippen molar-refractivity contribution in [2.45, 2.75) is 33.4 Å². The maximum atomic E-state index is 5.96. The molecule has 0 saturated carbocycles. The molecule has 3 heterocycles. The molecular formula is C25H23N5OS2. The maximum absolute atomic E-state index is 5.96. The van der Waals surface area contributed by atoms with Crippen LogP contribution in [0.15, 0.2) is 59.4 Å². The summed E-state index contributed by atoms with van der Waals surface area (Å²) >= 11 is 3.27. The number of aromatic nitrogens is 4. The number of rotatable bonds is 7. The van der Waals surface area contributed by atoms with Gasteiger partial charge in [0.15, 0.2) is 0 Å². The normalized spacial score (nSPS) is 12.1. The average molecular weight is 474 g/mol. The molecule has 33 heavy (non-hydrogen) atoms. The van der Waals surface area contributed by atoms with Crippen molar-refractivity contribution in [3.05, 3.63) is 81.5 Å². The number of thiazole rings is 2. The predicted octanol–water partition coefficient (Wildman–Crippen LogP) is 6.58. The molecule has 5 aromatic rings. The Bertz CT molecular complexity index is 1410. The molecule has 1 N–H and O–H groups in total. The van der Waals surface area contributed by atoms with E-state index in [1.54, 1.807) is 22.7 Å². The number of fused-ring (bicyclic) bond motifs is 1. The standard InChI is InChI=1S/C25H23N5OS2/c1-15(18-5-4-6-21(9-18)31-12-20-13-32-17(3)30-20)27-25-11-23(28-16(2)29-25)19-7-8-22-24(10-19)33-14-26-22/h4-11,13-15H,12H2,1-3H3,(H,27,28,29). The first-order chi connectivity index (χ1) is 16.0. The van der Waals surface area contributed by atoms with Crippen LogP contribution in [0.5, 0.6) is 5.75 Å². The smallest absolute Gasteiger partial charge is 0.131 e.